The van der Waals surface area contributed by atoms with E-state index in [4.69, 9.17) is 4.74 Å². The number of nitrogens with zero attached hydrogens (tertiary/aromatic N) is 1. The molecule has 3 rings (SSSR count). The topological polar surface area (TPSA) is 41.6 Å². The van der Waals surface area contributed by atoms with Crippen LogP contribution in [0.4, 0.5) is 0 Å². The molecule has 0 unspecified atom stereocenters. The van der Waals surface area contributed by atoms with Gasteiger partial charge < -0.3 is 10.1 Å². The molecule has 1 aliphatic heterocycles. The summed E-state index contributed by atoms with van der Waals surface area (Å²) < 4.78 is 5.75. The molecule has 2 aromatic carbocycles. The zero-order valence-corrected chi connectivity index (χ0v) is 18.9. The fourth-order valence-electron chi connectivity index (χ4n) is 3.94. The number of rotatable bonds is 7. The second-order valence-corrected chi connectivity index (χ2v) is 9.56. The molecule has 1 atom stereocenters. The number of carbonyl (C=O) groups is 1. The van der Waals surface area contributed by atoms with E-state index in [-0.39, 0.29) is 11.3 Å². The zero-order chi connectivity index (χ0) is 21.6. The van der Waals surface area contributed by atoms with E-state index < -0.39 is 0 Å². The van der Waals surface area contributed by atoms with Crippen molar-refractivity contribution in [1.82, 2.24) is 10.2 Å². The van der Waals surface area contributed by atoms with Gasteiger partial charge in [0.2, 0.25) is 0 Å². The molecule has 0 spiro atoms. The van der Waals surface area contributed by atoms with Crippen LogP contribution in [0.25, 0.3) is 0 Å². The normalized spacial score (nSPS) is 17.5. The summed E-state index contributed by atoms with van der Waals surface area (Å²) in [5.41, 5.74) is 3.37. The molecule has 4 nitrogen and oxygen atoms in total. The van der Waals surface area contributed by atoms with Crippen molar-refractivity contribution in [2.45, 2.75) is 52.5 Å². The van der Waals surface area contributed by atoms with Gasteiger partial charge in [-0.1, -0.05) is 52.0 Å². The Hall–Kier alpha value is -2.33. The molecule has 1 N–H and O–H groups in total. The summed E-state index contributed by atoms with van der Waals surface area (Å²) in [4.78, 5) is 14.9. The molecule has 162 valence electrons. The van der Waals surface area contributed by atoms with E-state index in [9.17, 15) is 4.79 Å². The smallest absolute Gasteiger partial charge is 0.251 e. The van der Waals surface area contributed by atoms with Gasteiger partial charge in [0.1, 0.15) is 12.4 Å². The predicted octanol–water partition coefficient (Wildman–Crippen LogP) is 5.02. The van der Waals surface area contributed by atoms with E-state index in [1.54, 1.807) is 0 Å². The van der Waals surface area contributed by atoms with Crippen molar-refractivity contribution >= 4 is 5.91 Å². The van der Waals surface area contributed by atoms with Gasteiger partial charge in [0.05, 0.1) is 6.54 Å². The van der Waals surface area contributed by atoms with Gasteiger partial charge in [0, 0.05) is 18.7 Å². The molecule has 0 bridgehead atoms. The number of benzene rings is 2. The minimum Gasteiger partial charge on any atom is -0.492 e. The monoisotopic (exact) mass is 408 g/mol. The fraction of sp³-hybridized carbons (Fsp3) is 0.500. The number of piperidine rings is 1. The van der Waals surface area contributed by atoms with Gasteiger partial charge in [-0.2, -0.15) is 0 Å². The Bertz CT molecular complexity index is 806. The molecule has 0 aliphatic carbocycles. The van der Waals surface area contributed by atoms with E-state index in [2.05, 4.69) is 62.2 Å². The quantitative estimate of drug-likeness (QED) is 0.654. The summed E-state index contributed by atoms with van der Waals surface area (Å²) in [6.45, 7) is 13.1. The zero-order valence-electron chi connectivity index (χ0n) is 18.9. The molecular formula is C26H36N2O2. The van der Waals surface area contributed by atoms with Gasteiger partial charge in [-0.3, -0.25) is 9.69 Å². The van der Waals surface area contributed by atoms with Crippen LogP contribution in [0.3, 0.4) is 0 Å². The molecule has 1 aliphatic rings. The van der Waals surface area contributed by atoms with Gasteiger partial charge in [0.25, 0.3) is 5.91 Å². The average Bonchev–Trinajstić information content (AvgIpc) is 2.71. The Morgan fingerprint density at radius 1 is 1.10 bits per heavy atom. The largest absolute Gasteiger partial charge is 0.492 e. The first-order valence-electron chi connectivity index (χ1n) is 11.1. The summed E-state index contributed by atoms with van der Waals surface area (Å²) in [5, 5.41) is 2.94. The molecule has 1 fully saturated rings. The van der Waals surface area contributed by atoms with Gasteiger partial charge in [-0.25, -0.2) is 0 Å². The molecule has 0 radical (unpaired) electrons. The van der Waals surface area contributed by atoms with E-state index in [0.29, 0.717) is 18.7 Å². The van der Waals surface area contributed by atoms with Crippen LogP contribution in [0.5, 0.6) is 5.75 Å². The number of hydrogen-bond donors (Lipinski definition) is 1. The third-order valence-electron chi connectivity index (χ3n) is 5.74. The van der Waals surface area contributed by atoms with Gasteiger partial charge in [0.15, 0.2) is 0 Å². The Kier molecular flexibility index (Phi) is 7.54. The van der Waals surface area contributed by atoms with E-state index in [0.717, 1.165) is 18.2 Å². The van der Waals surface area contributed by atoms with Crippen molar-refractivity contribution in [3.05, 3.63) is 65.2 Å². The number of ether oxygens (including phenoxy) is 1. The Morgan fingerprint density at radius 3 is 2.43 bits per heavy atom. The van der Waals surface area contributed by atoms with Crippen molar-refractivity contribution in [3.63, 3.8) is 0 Å². The molecule has 1 amide bonds. The van der Waals surface area contributed by atoms with Gasteiger partial charge >= 0.3 is 0 Å². The standard InChI is InChI=1S/C26H36N2O2/c1-20-6-5-16-28(18-20)19-21-7-9-22(10-8-21)25(29)27-15-17-30-24-13-11-23(12-14-24)26(2,3)4/h7-14,20H,5-6,15-19H2,1-4H3,(H,27,29)/t20-/m0/s1. The number of nitrogens with one attached hydrogen (secondary N) is 1. The van der Waals surface area contributed by atoms with Gasteiger partial charge in [-0.15, -0.1) is 0 Å². The van der Waals surface area contributed by atoms with Crippen molar-refractivity contribution in [2.24, 2.45) is 5.92 Å². The molecule has 30 heavy (non-hydrogen) atoms. The van der Waals surface area contributed by atoms with Crippen LogP contribution in [0.2, 0.25) is 0 Å². The number of amides is 1. The lowest BCUT2D eigenvalue weighted by Gasteiger charge is -2.30. The Labute approximate surface area is 181 Å². The predicted molar refractivity (Wildman–Crippen MR) is 123 cm³/mol. The van der Waals surface area contributed by atoms with Crippen molar-refractivity contribution in [3.8, 4) is 5.75 Å². The second kappa shape index (κ2) is 10.1. The number of carbonyl (C=O) groups excluding carboxylic acids is 1. The summed E-state index contributed by atoms with van der Waals surface area (Å²) in [7, 11) is 0. The van der Waals surface area contributed by atoms with Crippen molar-refractivity contribution in [1.29, 1.82) is 0 Å². The molecular weight excluding hydrogens is 372 g/mol. The van der Waals surface area contributed by atoms with Crippen LogP contribution in [0.1, 0.15) is 62.0 Å². The summed E-state index contributed by atoms with van der Waals surface area (Å²) in [5.74, 6) is 1.55. The third kappa shape index (κ3) is 6.60. The lowest BCUT2D eigenvalue weighted by molar-refractivity contribution is 0.0947. The lowest BCUT2D eigenvalue weighted by Crippen LogP contribution is -2.33. The molecule has 4 heteroatoms. The van der Waals surface area contributed by atoms with Crippen molar-refractivity contribution in [2.75, 3.05) is 26.2 Å². The van der Waals surface area contributed by atoms with E-state index in [1.165, 1.54) is 37.1 Å². The van der Waals surface area contributed by atoms with Crippen LogP contribution in [-0.4, -0.2) is 37.0 Å². The third-order valence-corrected chi connectivity index (χ3v) is 5.74. The number of hydrogen-bond acceptors (Lipinski definition) is 3. The summed E-state index contributed by atoms with van der Waals surface area (Å²) >= 11 is 0. The van der Waals surface area contributed by atoms with Crippen LogP contribution >= 0.6 is 0 Å². The first kappa shape index (κ1) is 22.4. The average molecular weight is 409 g/mol. The highest BCUT2D eigenvalue weighted by molar-refractivity contribution is 5.94. The SMILES string of the molecule is C[C@H]1CCCN(Cc2ccc(C(=O)NCCOc3ccc(C(C)(C)C)cc3)cc2)C1. The van der Waals surface area contributed by atoms with Crippen LogP contribution < -0.4 is 10.1 Å². The van der Waals surface area contributed by atoms with Gasteiger partial charge in [-0.05, 0) is 66.1 Å². The fourth-order valence-corrected chi connectivity index (χ4v) is 3.94. The maximum absolute atomic E-state index is 12.4. The highest BCUT2D eigenvalue weighted by Crippen LogP contribution is 2.24. The minimum absolute atomic E-state index is 0.0557. The number of likely N-dealkylation sites (tertiary alicyclic amines) is 1. The van der Waals surface area contributed by atoms with Crippen LogP contribution in [0, 0.1) is 5.92 Å². The highest BCUT2D eigenvalue weighted by atomic mass is 16.5. The first-order chi connectivity index (χ1) is 14.3. The Balaban J connectivity index is 1.40. The lowest BCUT2D eigenvalue weighted by atomic mass is 9.87. The molecule has 0 saturated carbocycles. The van der Waals surface area contributed by atoms with E-state index in [1.807, 2.05) is 24.3 Å². The summed E-state index contributed by atoms with van der Waals surface area (Å²) in [6, 6.07) is 16.2. The first-order valence-corrected chi connectivity index (χ1v) is 11.1. The minimum atomic E-state index is -0.0557. The maximum atomic E-state index is 12.4. The molecule has 0 aromatic heterocycles. The Morgan fingerprint density at radius 2 is 1.80 bits per heavy atom. The summed E-state index contributed by atoms with van der Waals surface area (Å²) in [6.07, 6.45) is 2.62. The van der Waals surface area contributed by atoms with Crippen LogP contribution in [-0.2, 0) is 12.0 Å². The molecule has 2 aromatic rings. The van der Waals surface area contributed by atoms with Crippen molar-refractivity contribution < 1.29 is 9.53 Å². The molecule has 1 heterocycles. The van der Waals surface area contributed by atoms with Crippen LogP contribution in [0.15, 0.2) is 48.5 Å². The van der Waals surface area contributed by atoms with E-state index >= 15 is 0 Å². The second-order valence-electron chi connectivity index (χ2n) is 9.56. The highest BCUT2D eigenvalue weighted by Gasteiger charge is 2.16. The molecule has 1 saturated heterocycles. The maximum Gasteiger partial charge on any atom is 0.251 e.